The Morgan fingerprint density at radius 3 is 2.39 bits per heavy atom. The number of H-pyrrole nitrogens is 1. The lowest BCUT2D eigenvalue weighted by molar-refractivity contribution is -0.123. The Balaban J connectivity index is 1.04. The third-order valence-electron chi connectivity index (χ3n) is 9.62. The number of hydrogen-bond donors (Lipinski definition) is 2. The average Bonchev–Trinajstić information content (AvgIpc) is 3.78. The number of thiazole rings is 1. The van der Waals surface area contributed by atoms with Crippen molar-refractivity contribution >= 4 is 91.3 Å². The number of aromatic nitrogens is 1. The fraction of sp³-hybridized carbons (Fsp3) is 0.273. The second-order valence-electron chi connectivity index (χ2n) is 12.0. The molecule has 3 heterocycles. The molecule has 8 rings (SSSR count). The van der Waals surface area contributed by atoms with Gasteiger partial charge < -0.3 is 15.0 Å². The summed E-state index contributed by atoms with van der Waals surface area (Å²) in [5.41, 5.74) is 2.12. The number of fused-ring (bicyclic) bond motifs is 9. The van der Waals surface area contributed by atoms with Crippen LogP contribution in [0.4, 0.5) is 11.4 Å². The van der Waals surface area contributed by atoms with Crippen LogP contribution in [0, 0.1) is 29.6 Å². The van der Waals surface area contributed by atoms with Gasteiger partial charge in [-0.25, -0.2) is 0 Å². The van der Waals surface area contributed by atoms with E-state index < -0.39 is 0 Å². The predicted molar refractivity (Wildman–Crippen MR) is 182 cm³/mol. The second-order valence-corrected chi connectivity index (χ2v) is 15.9. The summed E-state index contributed by atoms with van der Waals surface area (Å²) in [4.78, 5) is 58.1. The van der Waals surface area contributed by atoms with Crippen molar-refractivity contribution in [3.05, 3.63) is 101 Å². The highest BCUT2D eigenvalue weighted by atomic mass is 79.9. The van der Waals surface area contributed by atoms with Crippen LogP contribution in [0.15, 0.2) is 81.0 Å². The van der Waals surface area contributed by atoms with Crippen molar-refractivity contribution in [2.75, 3.05) is 16.8 Å². The molecule has 2 saturated carbocycles. The summed E-state index contributed by atoms with van der Waals surface area (Å²) in [7, 11) is 0. The van der Waals surface area contributed by atoms with Crippen molar-refractivity contribution in [1.29, 1.82) is 0 Å². The maximum atomic E-state index is 13.9. The third kappa shape index (κ3) is 4.93. The number of aromatic amines is 1. The van der Waals surface area contributed by atoms with Crippen LogP contribution in [0.2, 0.25) is 10.0 Å². The first kappa shape index (κ1) is 30.3. The van der Waals surface area contributed by atoms with Gasteiger partial charge in [-0.15, -0.1) is 11.8 Å². The Morgan fingerprint density at radius 1 is 0.957 bits per heavy atom. The number of benzene rings is 3. The molecule has 2 N–H and O–H groups in total. The minimum Gasteiger partial charge on any atom is -0.484 e. The van der Waals surface area contributed by atoms with Crippen LogP contribution in [0.5, 0.6) is 5.75 Å². The molecule has 3 fully saturated rings. The number of nitrogens with zero attached hydrogens (tertiary/aromatic N) is 1. The molecule has 2 aliphatic carbocycles. The van der Waals surface area contributed by atoms with Crippen molar-refractivity contribution < 1.29 is 19.1 Å². The van der Waals surface area contributed by atoms with Gasteiger partial charge >= 0.3 is 4.87 Å². The highest BCUT2D eigenvalue weighted by Crippen LogP contribution is 2.68. The summed E-state index contributed by atoms with van der Waals surface area (Å²) in [6.07, 6.45) is 0.814. The third-order valence-corrected chi connectivity index (χ3v) is 13.5. The molecular formula is C33H24BrCl2N3O5S2. The second kappa shape index (κ2) is 11.6. The standard InChI is InChI=1S/C33H24BrCl2N3O5S2/c34-15-3-6-17(7-4-15)39-31(41)26-19-12-20(27(26)32(39)42)28-25(19)24(29-30(45-28)38-33(43)46-29)14-1-8-18(9-2-14)44-13-23(40)37-16-5-10-21(35)22(36)11-16/h1-11,19-20,24-28H,12-13H2,(H,37,40)(H,38,43)/t19-,20-,24+,25-,26+,27+,28-/m1/s1. The number of rotatable bonds is 6. The fourth-order valence-electron chi connectivity index (χ4n) is 7.93. The highest BCUT2D eigenvalue weighted by Gasteiger charge is 2.69. The molecule has 4 aromatic rings. The van der Waals surface area contributed by atoms with Gasteiger partial charge in [0.15, 0.2) is 6.61 Å². The van der Waals surface area contributed by atoms with E-state index in [4.69, 9.17) is 27.9 Å². The Morgan fingerprint density at radius 2 is 1.67 bits per heavy atom. The van der Waals surface area contributed by atoms with Crippen molar-refractivity contribution in [3.63, 3.8) is 0 Å². The SMILES string of the molecule is O=C(COc1ccc([C@@H]2c3sc(=O)[nH]c3S[C@@H]3[C@@H]4C[C@@H]([C@@H]5C(=O)N(c6ccc(Br)cc6)C(=O)[C@@H]45)[C@H]23)cc1)Nc1ccc(Cl)c(Cl)c1. The summed E-state index contributed by atoms with van der Waals surface area (Å²) < 4.78 is 6.65. The highest BCUT2D eigenvalue weighted by molar-refractivity contribution is 9.10. The van der Waals surface area contributed by atoms with Gasteiger partial charge in [0, 0.05) is 26.2 Å². The van der Waals surface area contributed by atoms with Crippen molar-refractivity contribution in [2.24, 2.45) is 29.6 Å². The van der Waals surface area contributed by atoms with Crippen LogP contribution in [-0.2, 0) is 14.4 Å². The number of nitrogens with one attached hydrogen (secondary N) is 2. The van der Waals surface area contributed by atoms with Gasteiger partial charge in [0.25, 0.3) is 5.91 Å². The Labute approximate surface area is 289 Å². The van der Waals surface area contributed by atoms with E-state index in [0.717, 1.165) is 26.4 Å². The normalized spacial score (nSPS) is 27.4. The lowest BCUT2D eigenvalue weighted by Gasteiger charge is -2.43. The van der Waals surface area contributed by atoms with E-state index in [-0.39, 0.29) is 70.0 Å². The van der Waals surface area contributed by atoms with Crippen LogP contribution in [0.25, 0.3) is 0 Å². The topological polar surface area (TPSA) is 109 Å². The first-order chi connectivity index (χ1) is 22.2. The van der Waals surface area contributed by atoms with Gasteiger partial charge in [0.1, 0.15) is 5.75 Å². The Kier molecular flexibility index (Phi) is 7.60. The van der Waals surface area contributed by atoms with E-state index in [9.17, 15) is 19.2 Å². The van der Waals surface area contributed by atoms with E-state index in [1.165, 1.54) is 16.2 Å². The number of thioether (sulfide) groups is 1. The molecular weight excluding hydrogens is 733 g/mol. The zero-order valence-corrected chi connectivity index (χ0v) is 28.5. The number of hydrogen-bond acceptors (Lipinski definition) is 7. The van der Waals surface area contributed by atoms with Gasteiger partial charge in [0.05, 0.1) is 32.6 Å². The molecule has 3 aromatic carbocycles. The number of ether oxygens (including phenoxy) is 1. The van der Waals surface area contributed by atoms with Crippen LogP contribution in [0.3, 0.4) is 0 Å². The minimum absolute atomic E-state index is 0.0146. The van der Waals surface area contributed by atoms with Crippen LogP contribution in [-0.4, -0.2) is 34.6 Å². The molecule has 4 aliphatic rings. The molecule has 0 radical (unpaired) electrons. The number of halogens is 3. The Bertz CT molecular complexity index is 1970. The van der Waals surface area contributed by atoms with Gasteiger partial charge in [-0.2, -0.15) is 0 Å². The number of carbonyl (C=O) groups is 3. The molecule has 2 bridgehead atoms. The van der Waals surface area contributed by atoms with Crippen LogP contribution < -0.4 is 19.8 Å². The predicted octanol–water partition coefficient (Wildman–Crippen LogP) is 7.20. The van der Waals surface area contributed by atoms with Crippen molar-refractivity contribution in [2.45, 2.75) is 22.6 Å². The van der Waals surface area contributed by atoms with Crippen LogP contribution in [0.1, 0.15) is 22.8 Å². The summed E-state index contributed by atoms with van der Waals surface area (Å²) in [5.74, 6) is -0.769. The van der Waals surface area contributed by atoms with E-state index in [0.29, 0.717) is 27.2 Å². The van der Waals surface area contributed by atoms with Gasteiger partial charge in [-0.3, -0.25) is 24.1 Å². The molecule has 0 spiro atoms. The number of imide groups is 1. The smallest absolute Gasteiger partial charge is 0.305 e. The van der Waals surface area contributed by atoms with E-state index >= 15 is 0 Å². The van der Waals surface area contributed by atoms with E-state index in [1.807, 2.05) is 36.4 Å². The molecule has 13 heteroatoms. The molecule has 7 atom stereocenters. The summed E-state index contributed by atoms with van der Waals surface area (Å²) in [6, 6.07) is 19.7. The summed E-state index contributed by atoms with van der Waals surface area (Å²) in [5, 5.41) is 4.42. The fourth-order valence-corrected chi connectivity index (χ4v) is 11.4. The molecule has 1 aromatic heterocycles. The Hall–Kier alpha value is -3.09. The first-order valence-corrected chi connectivity index (χ1v) is 17.9. The monoisotopic (exact) mass is 755 g/mol. The quantitative estimate of drug-likeness (QED) is 0.202. The molecule has 8 nitrogen and oxygen atoms in total. The van der Waals surface area contributed by atoms with E-state index in [1.54, 1.807) is 42.1 Å². The molecule has 2 aliphatic heterocycles. The number of carbonyl (C=O) groups excluding carboxylic acids is 3. The number of amides is 3. The molecule has 46 heavy (non-hydrogen) atoms. The first-order valence-electron chi connectivity index (χ1n) is 14.7. The van der Waals surface area contributed by atoms with Gasteiger partial charge in [-0.1, -0.05) is 62.6 Å². The van der Waals surface area contributed by atoms with Gasteiger partial charge in [-0.05, 0) is 84.3 Å². The molecule has 3 amide bonds. The lowest BCUT2D eigenvalue weighted by atomic mass is 9.68. The van der Waals surface area contributed by atoms with Gasteiger partial charge in [0.2, 0.25) is 11.8 Å². The number of anilines is 2. The molecule has 0 unspecified atom stereocenters. The lowest BCUT2D eigenvalue weighted by Crippen LogP contribution is -2.42. The molecule has 234 valence electrons. The molecule has 1 saturated heterocycles. The minimum atomic E-state index is -0.376. The van der Waals surface area contributed by atoms with E-state index in [2.05, 4.69) is 26.2 Å². The average molecular weight is 758 g/mol. The van der Waals surface area contributed by atoms with Crippen LogP contribution >= 0.6 is 62.2 Å². The largest absolute Gasteiger partial charge is 0.484 e. The summed E-state index contributed by atoms with van der Waals surface area (Å²) in [6.45, 7) is -0.203. The zero-order valence-electron chi connectivity index (χ0n) is 23.7. The van der Waals surface area contributed by atoms with Crippen molar-refractivity contribution in [3.8, 4) is 5.75 Å². The maximum absolute atomic E-state index is 13.9. The zero-order chi connectivity index (χ0) is 31.9. The van der Waals surface area contributed by atoms with Crippen molar-refractivity contribution in [1.82, 2.24) is 4.98 Å². The summed E-state index contributed by atoms with van der Waals surface area (Å²) >= 11 is 18.3. The maximum Gasteiger partial charge on any atom is 0.305 e.